The number of rotatable bonds is 4. The molecule has 0 fully saturated rings. The molecule has 0 radical (unpaired) electrons. The lowest BCUT2D eigenvalue weighted by atomic mass is 10.2. The van der Waals surface area contributed by atoms with E-state index < -0.39 is 10.0 Å². The van der Waals surface area contributed by atoms with Gasteiger partial charge in [-0.2, -0.15) is 0 Å². The van der Waals surface area contributed by atoms with E-state index in [2.05, 4.69) is 0 Å². The number of hydrogen-bond donors (Lipinski definition) is 0. The third-order valence-electron chi connectivity index (χ3n) is 2.20. The Morgan fingerprint density at radius 2 is 1.50 bits per heavy atom. The van der Waals surface area contributed by atoms with E-state index in [-0.39, 0.29) is 0 Å². The summed E-state index contributed by atoms with van der Waals surface area (Å²) in [5.41, 5.74) is 1.10. The molecule has 90 valence electrons. The third kappa shape index (κ3) is 3.04. The number of sulfonamides is 1. The maximum atomic E-state index is 11.8. The Morgan fingerprint density at radius 1 is 1.00 bits per heavy atom. The van der Waals surface area contributed by atoms with Gasteiger partial charge in [0.05, 0.1) is 4.90 Å². The second-order valence-corrected chi connectivity index (χ2v) is 6.32. The van der Waals surface area contributed by atoms with Crippen LogP contribution in [-0.4, -0.2) is 45.8 Å². The van der Waals surface area contributed by atoms with E-state index in [1.54, 1.807) is 12.1 Å². The second-order valence-electron chi connectivity index (χ2n) is 4.17. The molecule has 0 atom stereocenters. The first-order chi connectivity index (χ1) is 7.34. The predicted octanol–water partition coefficient (Wildman–Crippen LogP) is 0.998. The molecule has 0 amide bonds. The highest BCUT2D eigenvalue weighted by Gasteiger charge is 2.16. The monoisotopic (exact) mass is 242 g/mol. The van der Waals surface area contributed by atoms with Gasteiger partial charge < -0.3 is 4.90 Å². The quantitative estimate of drug-likeness (QED) is 0.791. The van der Waals surface area contributed by atoms with E-state index in [0.717, 1.165) is 12.1 Å². The van der Waals surface area contributed by atoms with Crippen molar-refractivity contribution < 1.29 is 8.42 Å². The highest BCUT2D eigenvalue weighted by Crippen LogP contribution is 2.14. The molecule has 0 N–H and O–H groups in total. The summed E-state index contributed by atoms with van der Waals surface area (Å²) in [6.07, 6.45) is 0. The summed E-state index contributed by atoms with van der Waals surface area (Å²) in [5.74, 6) is 0. The molecule has 0 aliphatic carbocycles. The van der Waals surface area contributed by atoms with Crippen molar-refractivity contribution in [3.63, 3.8) is 0 Å². The fraction of sp³-hybridized carbons (Fsp3) is 0.455. The van der Waals surface area contributed by atoms with Crippen molar-refractivity contribution in [2.24, 2.45) is 0 Å². The Kier molecular flexibility index (Phi) is 4.07. The van der Waals surface area contributed by atoms with Gasteiger partial charge in [0.2, 0.25) is 10.0 Å². The summed E-state index contributed by atoms with van der Waals surface area (Å²) in [7, 11) is 3.71. The minimum atomic E-state index is -3.30. The average molecular weight is 242 g/mol. The summed E-state index contributed by atoms with van der Waals surface area (Å²) in [6, 6.07) is 6.98. The zero-order valence-corrected chi connectivity index (χ0v) is 11.0. The van der Waals surface area contributed by atoms with Gasteiger partial charge in [-0.05, 0) is 31.8 Å². The van der Waals surface area contributed by atoms with E-state index in [9.17, 15) is 8.42 Å². The molecule has 0 unspecified atom stereocenters. The first-order valence-corrected chi connectivity index (χ1v) is 6.44. The Labute approximate surface area is 97.5 Å². The topological polar surface area (TPSA) is 40.6 Å². The standard InChI is InChI=1S/C11H18N2O2S/c1-12(2)9-10-5-7-11(8-6-10)16(14,15)13(3)4/h5-8H,9H2,1-4H3. The Bertz CT molecular complexity index is 436. The summed E-state index contributed by atoms with van der Waals surface area (Å²) < 4.78 is 24.8. The first-order valence-electron chi connectivity index (χ1n) is 5.00. The SMILES string of the molecule is CN(C)Cc1ccc(S(=O)(=O)N(C)C)cc1. The molecule has 4 nitrogen and oxygen atoms in total. The van der Waals surface area contributed by atoms with Crippen molar-refractivity contribution in [2.75, 3.05) is 28.2 Å². The zero-order valence-electron chi connectivity index (χ0n) is 10.1. The van der Waals surface area contributed by atoms with Crippen LogP contribution in [0.2, 0.25) is 0 Å². The normalized spacial score (nSPS) is 12.4. The van der Waals surface area contributed by atoms with Crippen LogP contribution >= 0.6 is 0 Å². The zero-order chi connectivity index (χ0) is 12.3. The third-order valence-corrected chi connectivity index (χ3v) is 4.03. The highest BCUT2D eigenvalue weighted by molar-refractivity contribution is 7.89. The van der Waals surface area contributed by atoms with Gasteiger partial charge in [0, 0.05) is 20.6 Å². The van der Waals surface area contributed by atoms with Crippen molar-refractivity contribution in [1.82, 2.24) is 9.21 Å². The molecule has 0 saturated heterocycles. The van der Waals surface area contributed by atoms with Gasteiger partial charge in [0.1, 0.15) is 0 Å². The Hall–Kier alpha value is -0.910. The molecule has 1 aromatic carbocycles. The molecule has 0 saturated carbocycles. The van der Waals surface area contributed by atoms with Gasteiger partial charge in [-0.3, -0.25) is 0 Å². The van der Waals surface area contributed by atoms with E-state index in [4.69, 9.17) is 0 Å². The number of nitrogens with zero attached hydrogens (tertiary/aromatic N) is 2. The molecule has 1 rings (SSSR count). The lowest BCUT2D eigenvalue weighted by molar-refractivity contribution is 0.402. The minimum absolute atomic E-state index is 0.333. The van der Waals surface area contributed by atoms with Crippen molar-refractivity contribution in [3.05, 3.63) is 29.8 Å². The van der Waals surface area contributed by atoms with E-state index >= 15 is 0 Å². The van der Waals surface area contributed by atoms with Crippen molar-refractivity contribution in [3.8, 4) is 0 Å². The number of hydrogen-bond acceptors (Lipinski definition) is 3. The molecule has 0 aliphatic heterocycles. The Morgan fingerprint density at radius 3 is 1.88 bits per heavy atom. The molecule has 1 aromatic rings. The lowest BCUT2D eigenvalue weighted by Gasteiger charge is -2.13. The van der Waals surface area contributed by atoms with Crippen LogP contribution < -0.4 is 0 Å². The highest BCUT2D eigenvalue weighted by atomic mass is 32.2. The van der Waals surface area contributed by atoms with Crippen LogP contribution in [0.25, 0.3) is 0 Å². The molecule has 16 heavy (non-hydrogen) atoms. The smallest absolute Gasteiger partial charge is 0.242 e. The molecule has 5 heteroatoms. The van der Waals surface area contributed by atoms with Gasteiger partial charge in [-0.15, -0.1) is 0 Å². The van der Waals surface area contributed by atoms with Crippen molar-refractivity contribution >= 4 is 10.0 Å². The van der Waals surface area contributed by atoms with Crippen LogP contribution in [0.1, 0.15) is 5.56 Å². The molecule has 0 aromatic heterocycles. The summed E-state index contributed by atoms with van der Waals surface area (Å²) >= 11 is 0. The van der Waals surface area contributed by atoms with Crippen molar-refractivity contribution in [1.29, 1.82) is 0 Å². The van der Waals surface area contributed by atoms with E-state index in [1.165, 1.54) is 18.4 Å². The second kappa shape index (κ2) is 4.95. The maximum absolute atomic E-state index is 11.8. The molecule has 0 bridgehead atoms. The van der Waals surface area contributed by atoms with Gasteiger partial charge in [-0.1, -0.05) is 12.1 Å². The predicted molar refractivity (Wildman–Crippen MR) is 64.7 cm³/mol. The van der Waals surface area contributed by atoms with Gasteiger partial charge in [0.15, 0.2) is 0 Å². The minimum Gasteiger partial charge on any atom is -0.305 e. The van der Waals surface area contributed by atoms with E-state index in [0.29, 0.717) is 4.90 Å². The van der Waals surface area contributed by atoms with Gasteiger partial charge in [0.25, 0.3) is 0 Å². The van der Waals surface area contributed by atoms with Crippen LogP contribution in [0.3, 0.4) is 0 Å². The average Bonchev–Trinajstić information content (AvgIpc) is 2.17. The van der Waals surface area contributed by atoms with Crippen LogP contribution in [0.15, 0.2) is 29.2 Å². The largest absolute Gasteiger partial charge is 0.305 e. The maximum Gasteiger partial charge on any atom is 0.242 e. The fourth-order valence-electron chi connectivity index (χ4n) is 1.34. The first kappa shape index (κ1) is 13.2. The molecule has 0 heterocycles. The molecular formula is C11H18N2O2S. The van der Waals surface area contributed by atoms with Crippen LogP contribution in [0, 0.1) is 0 Å². The van der Waals surface area contributed by atoms with Crippen LogP contribution in [-0.2, 0) is 16.6 Å². The molecular weight excluding hydrogens is 224 g/mol. The summed E-state index contributed by atoms with van der Waals surface area (Å²) in [5, 5.41) is 0. The Balaban J connectivity index is 2.96. The fourth-order valence-corrected chi connectivity index (χ4v) is 2.24. The van der Waals surface area contributed by atoms with Crippen LogP contribution in [0.5, 0.6) is 0 Å². The molecule has 0 spiro atoms. The van der Waals surface area contributed by atoms with Crippen LogP contribution in [0.4, 0.5) is 0 Å². The van der Waals surface area contributed by atoms with E-state index in [1.807, 2.05) is 31.1 Å². The van der Waals surface area contributed by atoms with Crippen molar-refractivity contribution in [2.45, 2.75) is 11.4 Å². The van der Waals surface area contributed by atoms with Gasteiger partial charge >= 0.3 is 0 Å². The molecule has 0 aliphatic rings. The number of benzene rings is 1. The summed E-state index contributed by atoms with van der Waals surface area (Å²) in [6.45, 7) is 0.808. The van der Waals surface area contributed by atoms with Gasteiger partial charge in [-0.25, -0.2) is 12.7 Å². The summed E-state index contributed by atoms with van der Waals surface area (Å²) in [4.78, 5) is 2.37. The lowest BCUT2D eigenvalue weighted by Crippen LogP contribution is -2.22.